The van der Waals surface area contributed by atoms with Gasteiger partial charge < -0.3 is 15.4 Å². The van der Waals surface area contributed by atoms with Crippen LogP contribution in [0.3, 0.4) is 0 Å². The number of nitrogens with zero attached hydrogens (tertiary/aromatic N) is 1. The molecule has 0 aliphatic carbocycles. The molecule has 0 fully saturated rings. The number of anilines is 4. The second-order valence-electron chi connectivity index (χ2n) is 12.0. The van der Waals surface area contributed by atoms with Crippen LogP contribution in [0.2, 0.25) is 0 Å². The summed E-state index contributed by atoms with van der Waals surface area (Å²) in [5, 5.41) is 4.31. The molecule has 0 unspecified atom stereocenters. The summed E-state index contributed by atoms with van der Waals surface area (Å²) >= 11 is 0. The van der Waals surface area contributed by atoms with Crippen LogP contribution in [0.1, 0.15) is 5.56 Å². The third-order valence-corrected chi connectivity index (χ3v) is 8.90. The van der Waals surface area contributed by atoms with Crippen LogP contribution in [0, 0.1) is 0 Å². The summed E-state index contributed by atoms with van der Waals surface area (Å²) in [4.78, 5) is 2.33. The Labute approximate surface area is 281 Å². The summed E-state index contributed by atoms with van der Waals surface area (Å²) in [5.41, 5.74) is 16.2. The van der Waals surface area contributed by atoms with E-state index in [4.69, 9.17) is 10.5 Å². The van der Waals surface area contributed by atoms with Crippen molar-refractivity contribution < 1.29 is 4.74 Å². The first-order valence-electron chi connectivity index (χ1n) is 16.2. The molecule has 0 aromatic heterocycles. The molecule has 8 aromatic rings. The van der Waals surface area contributed by atoms with E-state index < -0.39 is 0 Å². The van der Waals surface area contributed by atoms with Gasteiger partial charge in [-0.2, -0.15) is 0 Å². The molecule has 230 valence electrons. The minimum absolute atomic E-state index is 0.437. The smallest absolute Gasteiger partial charge is 0.151 e. The SMILES string of the molecule is Nc1ccc2ccc3ccc(N(c4ccc(-c5ccccc5)cc4)c4cccc(-c5ccccc5)c4)cc3c2c1OCc1ccccc1. The Morgan fingerprint density at radius 3 is 1.71 bits per heavy atom. The number of hydrogen-bond acceptors (Lipinski definition) is 3. The zero-order valence-electron chi connectivity index (χ0n) is 26.5. The van der Waals surface area contributed by atoms with Gasteiger partial charge in [-0.3, -0.25) is 0 Å². The lowest BCUT2D eigenvalue weighted by Crippen LogP contribution is -2.10. The Hall–Kier alpha value is -6.32. The first-order chi connectivity index (χ1) is 23.7. The maximum Gasteiger partial charge on any atom is 0.151 e. The average molecular weight is 619 g/mol. The van der Waals surface area contributed by atoms with E-state index in [1.807, 2.05) is 24.3 Å². The van der Waals surface area contributed by atoms with Crippen molar-refractivity contribution in [2.45, 2.75) is 6.61 Å². The fourth-order valence-corrected chi connectivity index (χ4v) is 6.48. The van der Waals surface area contributed by atoms with Gasteiger partial charge in [-0.25, -0.2) is 0 Å². The number of benzene rings is 8. The molecule has 2 N–H and O–H groups in total. The molecule has 0 aliphatic heterocycles. The maximum atomic E-state index is 6.62. The first-order valence-corrected chi connectivity index (χ1v) is 16.2. The molecule has 0 amide bonds. The first kappa shape index (κ1) is 29.1. The van der Waals surface area contributed by atoms with E-state index in [0.717, 1.165) is 49.7 Å². The molecule has 3 nitrogen and oxygen atoms in total. The average Bonchev–Trinajstić information content (AvgIpc) is 3.16. The number of hydrogen-bond donors (Lipinski definition) is 1. The van der Waals surface area contributed by atoms with E-state index in [1.165, 1.54) is 16.7 Å². The Morgan fingerprint density at radius 2 is 0.979 bits per heavy atom. The predicted molar refractivity (Wildman–Crippen MR) is 202 cm³/mol. The van der Waals surface area contributed by atoms with Gasteiger partial charge in [-0.05, 0) is 86.4 Å². The highest BCUT2D eigenvalue weighted by atomic mass is 16.5. The number of rotatable bonds is 8. The van der Waals surface area contributed by atoms with E-state index in [0.29, 0.717) is 18.0 Å². The monoisotopic (exact) mass is 618 g/mol. The highest BCUT2D eigenvalue weighted by molar-refractivity contribution is 6.13. The standard InChI is InChI=1S/C45H34N2O/c46-43-28-24-37-20-19-36-23-27-41(30-42(36)44(37)45(43)48-31-32-11-4-1-5-12-32)47(39-25-21-35(22-26-39)33-13-6-2-7-14-33)40-18-10-17-38(29-40)34-15-8-3-9-16-34/h1-30H,31,46H2. The van der Waals surface area contributed by atoms with E-state index in [-0.39, 0.29) is 0 Å². The zero-order valence-corrected chi connectivity index (χ0v) is 26.5. The van der Waals surface area contributed by atoms with Gasteiger partial charge in [-0.15, -0.1) is 0 Å². The highest BCUT2D eigenvalue weighted by Crippen LogP contribution is 2.42. The van der Waals surface area contributed by atoms with Crippen LogP contribution < -0.4 is 15.4 Å². The summed E-state index contributed by atoms with van der Waals surface area (Å²) in [6.07, 6.45) is 0. The quantitative estimate of drug-likeness (QED) is 0.136. The molecule has 0 bridgehead atoms. The fourth-order valence-electron chi connectivity index (χ4n) is 6.48. The molecule has 0 saturated heterocycles. The third-order valence-electron chi connectivity index (χ3n) is 8.90. The van der Waals surface area contributed by atoms with E-state index in [2.05, 4.69) is 163 Å². The molecular weight excluding hydrogens is 585 g/mol. The summed E-state index contributed by atoms with van der Waals surface area (Å²) in [7, 11) is 0. The van der Waals surface area contributed by atoms with Crippen LogP contribution in [0.15, 0.2) is 182 Å². The van der Waals surface area contributed by atoms with Gasteiger partial charge in [0.1, 0.15) is 6.61 Å². The molecule has 0 saturated carbocycles. The van der Waals surface area contributed by atoms with Crippen molar-refractivity contribution in [3.05, 3.63) is 188 Å². The Balaban J connectivity index is 1.29. The molecule has 3 heteroatoms. The lowest BCUT2D eigenvalue weighted by Gasteiger charge is -2.27. The number of ether oxygens (including phenoxy) is 1. The second kappa shape index (κ2) is 12.8. The van der Waals surface area contributed by atoms with Gasteiger partial charge in [0, 0.05) is 22.4 Å². The maximum absolute atomic E-state index is 6.62. The molecule has 48 heavy (non-hydrogen) atoms. The number of fused-ring (bicyclic) bond motifs is 3. The van der Waals surface area contributed by atoms with Crippen molar-refractivity contribution in [1.82, 2.24) is 0 Å². The minimum Gasteiger partial charge on any atom is -0.486 e. The molecule has 0 spiro atoms. The molecule has 8 aromatic carbocycles. The summed E-state index contributed by atoms with van der Waals surface area (Å²) in [6, 6.07) is 63.8. The molecule has 0 radical (unpaired) electrons. The Bertz CT molecular complexity index is 2330. The summed E-state index contributed by atoms with van der Waals surface area (Å²) in [6.45, 7) is 0.437. The van der Waals surface area contributed by atoms with E-state index in [1.54, 1.807) is 0 Å². The van der Waals surface area contributed by atoms with Gasteiger partial charge in [0.25, 0.3) is 0 Å². The second-order valence-corrected chi connectivity index (χ2v) is 12.0. The predicted octanol–water partition coefficient (Wildman–Crippen LogP) is 12.0. The molecule has 8 rings (SSSR count). The third kappa shape index (κ3) is 5.74. The van der Waals surface area contributed by atoms with Crippen LogP contribution in [0.4, 0.5) is 22.7 Å². The van der Waals surface area contributed by atoms with E-state index >= 15 is 0 Å². The minimum atomic E-state index is 0.437. The van der Waals surface area contributed by atoms with Gasteiger partial charge in [0.2, 0.25) is 0 Å². The van der Waals surface area contributed by atoms with Crippen molar-refractivity contribution in [1.29, 1.82) is 0 Å². The normalized spacial score (nSPS) is 11.1. The Kier molecular flexibility index (Phi) is 7.77. The van der Waals surface area contributed by atoms with Crippen molar-refractivity contribution in [3.8, 4) is 28.0 Å². The molecule has 0 atom stereocenters. The van der Waals surface area contributed by atoms with Crippen molar-refractivity contribution >= 4 is 44.3 Å². The molecular formula is C45H34N2O. The van der Waals surface area contributed by atoms with Crippen LogP contribution >= 0.6 is 0 Å². The summed E-state index contributed by atoms with van der Waals surface area (Å²) < 4.78 is 6.50. The lowest BCUT2D eigenvalue weighted by atomic mass is 9.99. The molecule has 0 aliphatic rings. The van der Waals surface area contributed by atoms with Gasteiger partial charge >= 0.3 is 0 Å². The zero-order chi connectivity index (χ0) is 32.3. The van der Waals surface area contributed by atoms with Gasteiger partial charge in [0.05, 0.1) is 5.69 Å². The van der Waals surface area contributed by atoms with Crippen molar-refractivity contribution in [2.24, 2.45) is 0 Å². The van der Waals surface area contributed by atoms with Crippen molar-refractivity contribution in [2.75, 3.05) is 10.6 Å². The van der Waals surface area contributed by atoms with Gasteiger partial charge in [-0.1, -0.05) is 140 Å². The molecule has 0 heterocycles. The Morgan fingerprint density at radius 1 is 0.438 bits per heavy atom. The largest absolute Gasteiger partial charge is 0.486 e. The number of nitrogens with two attached hydrogens (primary N) is 1. The van der Waals surface area contributed by atoms with Crippen LogP contribution in [0.25, 0.3) is 43.8 Å². The number of nitrogen functional groups attached to an aromatic ring is 1. The van der Waals surface area contributed by atoms with E-state index in [9.17, 15) is 0 Å². The highest BCUT2D eigenvalue weighted by Gasteiger charge is 2.17. The van der Waals surface area contributed by atoms with Gasteiger partial charge in [0.15, 0.2) is 5.75 Å². The van der Waals surface area contributed by atoms with Crippen molar-refractivity contribution in [3.63, 3.8) is 0 Å². The van der Waals surface area contributed by atoms with Crippen LogP contribution in [-0.4, -0.2) is 0 Å². The lowest BCUT2D eigenvalue weighted by molar-refractivity contribution is 0.312. The summed E-state index contributed by atoms with van der Waals surface area (Å²) in [5.74, 6) is 0.712. The fraction of sp³-hybridized carbons (Fsp3) is 0.0222. The van der Waals surface area contributed by atoms with Crippen LogP contribution in [0.5, 0.6) is 5.75 Å². The van der Waals surface area contributed by atoms with Crippen LogP contribution in [-0.2, 0) is 6.61 Å². The topological polar surface area (TPSA) is 38.5 Å².